The highest BCUT2D eigenvalue weighted by molar-refractivity contribution is 7.85. The number of hydrogen-bond donors (Lipinski definition) is 2. The second-order valence-electron chi connectivity index (χ2n) is 6.70. The molecule has 1 aromatic carbocycles. The lowest BCUT2D eigenvalue weighted by Gasteiger charge is -2.32. The molecule has 2 aliphatic rings. The highest BCUT2D eigenvalue weighted by Gasteiger charge is 2.35. The summed E-state index contributed by atoms with van der Waals surface area (Å²) in [7, 11) is -4.02. The number of halogens is 2. The van der Waals surface area contributed by atoms with Gasteiger partial charge in [0.25, 0.3) is 10.1 Å². The Morgan fingerprint density at radius 2 is 1.76 bits per heavy atom. The number of ether oxygens (including phenoxy) is 1. The topological polar surface area (TPSA) is 75.6 Å². The summed E-state index contributed by atoms with van der Waals surface area (Å²) in [6, 6.07) is 5.99. The van der Waals surface area contributed by atoms with Crippen LogP contribution in [0.4, 0.5) is 8.78 Å². The van der Waals surface area contributed by atoms with E-state index in [0.29, 0.717) is 31.5 Å². The summed E-state index contributed by atoms with van der Waals surface area (Å²) < 4.78 is 60.7. The first-order valence-electron chi connectivity index (χ1n) is 8.40. The van der Waals surface area contributed by atoms with Gasteiger partial charge in [0.1, 0.15) is 0 Å². The Morgan fingerprint density at radius 1 is 1.20 bits per heavy atom. The minimum Gasteiger partial charge on any atom is -0.375 e. The van der Waals surface area contributed by atoms with Crippen molar-refractivity contribution in [2.75, 3.05) is 19.7 Å². The summed E-state index contributed by atoms with van der Waals surface area (Å²) in [5.74, 6) is -2.05. The number of alkyl halides is 2. The highest BCUT2D eigenvalue weighted by Crippen LogP contribution is 2.36. The van der Waals surface area contributed by atoms with Crippen molar-refractivity contribution in [2.45, 2.75) is 49.5 Å². The van der Waals surface area contributed by atoms with Gasteiger partial charge in [-0.1, -0.05) is 17.7 Å². The molecule has 0 amide bonds. The number of hydrogen-bond acceptors (Lipinski definition) is 4. The van der Waals surface area contributed by atoms with Crippen LogP contribution >= 0.6 is 0 Å². The molecule has 2 fully saturated rings. The summed E-state index contributed by atoms with van der Waals surface area (Å²) in [6.07, 6.45) is 1.66. The van der Waals surface area contributed by atoms with Gasteiger partial charge in [0.05, 0.1) is 11.0 Å². The summed E-state index contributed by atoms with van der Waals surface area (Å²) in [5.41, 5.74) is 0.956. The van der Waals surface area contributed by atoms with Crippen LogP contribution in [0.1, 0.15) is 31.2 Å². The molecule has 5 nitrogen and oxygen atoms in total. The Balaban J connectivity index is 0.000000186. The third kappa shape index (κ3) is 6.97. The van der Waals surface area contributed by atoms with Gasteiger partial charge < -0.3 is 10.1 Å². The molecule has 1 saturated carbocycles. The van der Waals surface area contributed by atoms with E-state index in [4.69, 9.17) is 9.29 Å². The molecule has 2 N–H and O–H groups in total. The van der Waals surface area contributed by atoms with Gasteiger partial charge in [-0.25, -0.2) is 8.78 Å². The van der Waals surface area contributed by atoms with Crippen molar-refractivity contribution in [3.05, 3.63) is 29.8 Å². The smallest absolute Gasteiger partial charge is 0.294 e. The number of aryl methyl sites for hydroxylation is 1. The lowest BCUT2D eigenvalue weighted by molar-refractivity contribution is -0.0672. The number of nitrogens with one attached hydrogen (secondary N) is 1. The van der Waals surface area contributed by atoms with Crippen molar-refractivity contribution in [1.29, 1.82) is 0 Å². The molecule has 25 heavy (non-hydrogen) atoms. The lowest BCUT2D eigenvalue weighted by Crippen LogP contribution is -2.49. The van der Waals surface area contributed by atoms with Crippen LogP contribution in [0.15, 0.2) is 29.2 Å². The maximum Gasteiger partial charge on any atom is 0.294 e. The summed E-state index contributed by atoms with van der Waals surface area (Å²) in [5, 5.41) is 3.12. The molecule has 1 aromatic rings. The van der Waals surface area contributed by atoms with Crippen molar-refractivity contribution in [3.8, 4) is 0 Å². The van der Waals surface area contributed by atoms with Gasteiger partial charge in [0.15, 0.2) is 0 Å². The zero-order valence-electron chi connectivity index (χ0n) is 14.2. The largest absolute Gasteiger partial charge is 0.375 e. The van der Waals surface area contributed by atoms with Gasteiger partial charge in [-0.2, -0.15) is 8.42 Å². The Bertz CT molecular complexity index is 635. The van der Waals surface area contributed by atoms with Crippen molar-refractivity contribution < 1.29 is 26.5 Å². The SMILES string of the molecule is Cc1ccc(S(=O)(=O)O)cc1.FC1(F)CCC(COC2CNC2)CC1. The van der Waals surface area contributed by atoms with E-state index >= 15 is 0 Å². The zero-order valence-corrected chi connectivity index (χ0v) is 15.1. The molecule has 1 aliphatic heterocycles. The fraction of sp³-hybridized carbons (Fsp3) is 0.647. The normalized spacial score (nSPS) is 21.1. The summed E-state index contributed by atoms with van der Waals surface area (Å²) in [6.45, 7) is 4.35. The van der Waals surface area contributed by atoms with Crippen molar-refractivity contribution in [1.82, 2.24) is 5.32 Å². The first-order valence-corrected chi connectivity index (χ1v) is 9.84. The third-order valence-electron chi connectivity index (χ3n) is 4.47. The fourth-order valence-electron chi connectivity index (χ4n) is 2.63. The van der Waals surface area contributed by atoms with Crippen LogP contribution in [0, 0.1) is 12.8 Å². The molecule has 0 unspecified atom stereocenters. The van der Waals surface area contributed by atoms with E-state index in [0.717, 1.165) is 18.7 Å². The Morgan fingerprint density at radius 3 is 2.20 bits per heavy atom. The molecule has 0 atom stereocenters. The minimum atomic E-state index is -4.02. The van der Waals surface area contributed by atoms with E-state index in [2.05, 4.69) is 5.32 Å². The van der Waals surface area contributed by atoms with Crippen LogP contribution < -0.4 is 5.32 Å². The maximum absolute atomic E-state index is 12.8. The Kier molecular flexibility index (Phi) is 6.90. The third-order valence-corrected chi connectivity index (χ3v) is 5.34. The van der Waals surface area contributed by atoms with Crippen LogP contribution in [0.3, 0.4) is 0 Å². The molecule has 3 rings (SSSR count). The standard InChI is InChI=1S/C10H17F2NO.C7H8O3S/c11-10(12)3-1-8(2-4-10)7-14-9-5-13-6-9;1-6-2-4-7(5-3-6)11(8,9)10/h8-9,13H,1-7H2;2-5H,1H3,(H,8,9,10). The molecule has 1 saturated heterocycles. The molecule has 0 aromatic heterocycles. The quantitative estimate of drug-likeness (QED) is 0.789. The Hall–Kier alpha value is -1.09. The van der Waals surface area contributed by atoms with Crippen LogP contribution in [0.25, 0.3) is 0 Å². The molecule has 142 valence electrons. The fourth-order valence-corrected chi connectivity index (χ4v) is 3.11. The monoisotopic (exact) mass is 377 g/mol. The maximum atomic E-state index is 12.8. The van der Waals surface area contributed by atoms with Crippen LogP contribution in [0.5, 0.6) is 0 Å². The van der Waals surface area contributed by atoms with E-state index in [9.17, 15) is 17.2 Å². The summed E-state index contributed by atoms with van der Waals surface area (Å²) in [4.78, 5) is -0.0666. The van der Waals surface area contributed by atoms with E-state index in [-0.39, 0.29) is 17.7 Å². The minimum absolute atomic E-state index is 0.0456. The molecule has 1 aliphatic carbocycles. The number of rotatable bonds is 4. The average Bonchev–Trinajstić information content (AvgIpc) is 2.47. The van der Waals surface area contributed by atoms with Gasteiger partial charge in [0.2, 0.25) is 5.92 Å². The van der Waals surface area contributed by atoms with Gasteiger partial charge in [-0.15, -0.1) is 0 Å². The van der Waals surface area contributed by atoms with E-state index in [1.807, 2.05) is 6.92 Å². The Labute approximate surface area is 147 Å². The second kappa shape index (κ2) is 8.53. The second-order valence-corrected chi connectivity index (χ2v) is 8.12. The van der Waals surface area contributed by atoms with Crippen molar-refractivity contribution >= 4 is 10.1 Å². The van der Waals surface area contributed by atoms with Gasteiger partial charge in [0, 0.05) is 32.5 Å². The average molecular weight is 377 g/mol. The zero-order chi connectivity index (χ0) is 18.5. The van der Waals surface area contributed by atoms with Gasteiger partial charge >= 0.3 is 0 Å². The van der Waals surface area contributed by atoms with Gasteiger partial charge in [-0.05, 0) is 37.8 Å². The highest BCUT2D eigenvalue weighted by atomic mass is 32.2. The van der Waals surface area contributed by atoms with Crippen LogP contribution in [-0.4, -0.2) is 44.7 Å². The number of benzene rings is 1. The molecular formula is C17H25F2NO4S. The predicted octanol–water partition coefficient (Wildman–Crippen LogP) is 3.04. The molecule has 1 heterocycles. The molecule has 0 spiro atoms. The van der Waals surface area contributed by atoms with Crippen LogP contribution in [-0.2, 0) is 14.9 Å². The predicted molar refractivity (Wildman–Crippen MR) is 90.5 cm³/mol. The van der Waals surface area contributed by atoms with E-state index in [1.165, 1.54) is 12.1 Å². The van der Waals surface area contributed by atoms with Crippen LogP contribution in [0.2, 0.25) is 0 Å². The lowest BCUT2D eigenvalue weighted by atomic mass is 9.87. The molecule has 0 radical (unpaired) electrons. The van der Waals surface area contributed by atoms with E-state index < -0.39 is 16.0 Å². The molecular weight excluding hydrogens is 352 g/mol. The van der Waals surface area contributed by atoms with Gasteiger partial charge in [-0.3, -0.25) is 4.55 Å². The molecule has 8 heteroatoms. The first kappa shape index (κ1) is 20.2. The van der Waals surface area contributed by atoms with Crippen molar-refractivity contribution in [3.63, 3.8) is 0 Å². The first-order chi connectivity index (χ1) is 11.7. The van der Waals surface area contributed by atoms with Crippen molar-refractivity contribution in [2.24, 2.45) is 5.92 Å². The van der Waals surface area contributed by atoms with E-state index in [1.54, 1.807) is 12.1 Å². The molecule has 0 bridgehead atoms. The summed E-state index contributed by atoms with van der Waals surface area (Å²) >= 11 is 0.